The molecule has 0 saturated carbocycles. The van der Waals surface area contributed by atoms with Crippen LogP contribution in [0.25, 0.3) is 0 Å². The number of methoxy groups -OCH3 is 1. The molecule has 0 fully saturated rings. The van der Waals surface area contributed by atoms with Crippen LogP contribution >= 0.6 is 28.6 Å². The Bertz CT molecular complexity index is 831. The van der Waals surface area contributed by atoms with Gasteiger partial charge in [-0.05, 0) is 36.2 Å². The molecule has 0 aromatic heterocycles. The zero-order valence-corrected chi connectivity index (χ0v) is 17.2. The smallest absolute Gasteiger partial charge is 0.267 e. The number of ether oxygens (including phenoxy) is 2. The van der Waals surface area contributed by atoms with E-state index in [4.69, 9.17) is 15.9 Å². The number of hydrogen-bond acceptors (Lipinski definition) is 5. The van der Waals surface area contributed by atoms with Crippen molar-refractivity contribution in [1.82, 2.24) is 5.32 Å². The Kier molecular flexibility index (Phi) is 7.60. The van der Waals surface area contributed by atoms with Crippen LogP contribution in [-0.4, -0.2) is 31.3 Å². The number of amides is 1. The summed E-state index contributed by atoms with van der Waals surface area (Å²) < 4.78 is 11.5. The predicted molar refractivity (Wildman–Crippen MR) is 111 cm³/mol. The lowest BCUT2D eigenvalue weighted by Gasteiger charge is -2.22. The number of terminal acetylenes is 1. The van der Waals surface area contributed by atoms with Crippen LogP contribution in [0, 0.1) is 12.3 Å². The number of benzene rings is 2. The van der Waals surface area contributed by atoms with Crippen molar-refractivity contribution in [2.24, 2.45) is 0 Å². The maximum atomic E-state index is 12.3. The third-order valence-electron chi connectivity index (χ3n) is 3.80. The molecule has 2 rings (SSSR count). The molecule has 2 N–H and O–H groups in total. The van der Waals surface area contributed by atoms with Gasteiger partial charge in [0.25, 0.3) is 5.91 Å². The van der Waals surface area contributed by atoms with E-state index < -0.39 is 10.8 Å². The zero-order valence-electron chi connectivity index (χ0n) is 14.7. The van der Waals surface area contributed by atoms with Crippen molar-refractivity contribution in [2.75, 3.05) is 20.3 Å². The van der Waals surface area contributed by atoms with E-state index in [0.29, 0.717) is 30.0 Å². The number of thiol groups is 1. The van der Waals surface area contributed by atoms with Crippen LogP contribution in [-0.2, 0) is 16.1 Å². The van der Waals surface area contributed by atoms with Crippen LogP contribution in [0.1, 0.15) is 11.1 Å². The first-order chi connectivity index (χ1) is 12.9. The Labute approximate surface area is 172 Å². The second-order valence-corrected chi connectivity index (χ2v) is 7.23. The third-order valence-corrected chi connectivity index (χ3v) is 4.79. The number of nitrogens with one attached hydrogen (secondary N) is 1. The van der Waals surface area contributed by atoms with Gasteiger partial charge in [0.2, 0.25) is 4.93 Å². The molecule has 142 valence electrons. The lowest BCUT2D eigenvalue weighted by molar-refractivity contribution is -0.132. The normalized spacial score (nSPS) is 12.6. The highest BCUT2D eigenvalue weighted by atomic mass is 79.9. The molecule has 1 amide bonds. The molecular formula is C20H20BrNO4S. The summed E-state index contributed by atoms with van der Waals surface area (Å²) in [5, 5.41) is 13.1. The van der Waals surface area contributed by atoms with Crippen molar-refractivity contribution in [3.63, 3.8) is 0 Å². The van der Waals surface area contributed by atoms with Crippen molar-refractivity contribution in [1.29, 1.82) is 0 Å². The SMILES string of the molecule is C#CCOc1ccc(CCNC(=O)C(O)(S)c2ccc(Br)cc2)cc1OC. The summed E-state index contributed by atoms with van der Waals surface area (Å²) in [6.07, 6.45) is 5.73. The van der Waals surface area contributed by atoms with Crippen molar-refractivity contribution >= 4 is 34.5 Å². The number of carbonyl (C=O) groups is 1. The molecular weight excluding hydrogens is 430 g/mol. The van der Waals surface area contributed by atoms with Crippen LogP contribution in [0.2, 0.25) is 0 Å². The summed E-state index contributed by atoms with van der Waals surface area (Å²) in [5.74, 6) is 2.93. The van der Waals surface area contributed by atoms with Gasteiger partial charge in [-0.2, -0.15) is 0 Å². The van der Waals surface area contributed by atoms with Gasteiger partial charge in [0.1, 0.15) is 6.61 Å². The lowest BCUT2D eigenvalue weighted by atomic mass is 10.1. The molecule has 0 bridgehead atoms. The van der Waals surface area contributed by atoms with Gasteiger partial charge in [-0.1, -0.05) is 40.0 Å². The van der Waals surface area contributed by atoms with Crippen LogP contribution in [0.4, 0.5) is 0 Å². The number of rotatable bonds is 8. The summed E-state index contributed by atoms with van der Waals surface area (Å²) in [6.45, 7) is 0.480. The van der Waals surface area contributed by atoms with Crippen molar-refractivity contribution in [3.05, 3.63) is 58.1 Å². The first-order valence-electron chi connectivity index (χ1n) is 8.10. The molecule has 0 radical (unpaired) electrons. The van der Waals surface area contributed by atoms with Gasteiger partial charge in [0.15, 0.2) is 11.5 Å². The molecule has 27 heavy (non-hydrogen) atoms. The average molecular weight is 450 g/mol. The van der Waals surface area contributed by atoms with Crippen LogP contribution < -0.4 is 14.8 Å². The minimum atomic E-state index is -1.91. The van der Waals surface area contributed by atoms with E-state index in [1.165, 1.54) is 0 Å². The number of halogens is 1. The summed E-state index contributed by atoms with van der Waals surface area (Å²) in [4.78, 5) is 10.4. The highest BCUT2D eigenvalue weighted by Gasteiger charge is 2.33. The zero-order chi connectivity index (χ0) is 19.9. The van der Waals surface area contributed by atoms with E-state index in [1.54, 1.807) is 37.4 Å². The van der Waals surface area contributed by atoms with Gasteiger partial charge >= 0.3 is 0 Å². The molecule has 2 aromatic carbocycles. The first kappa shape index (κ1) is 21.2. The monoisotopic (exact) mass is 449 g/mol. The van der Waals surface area contributed by atoms with Gasteiger partial charge in [-0.3, -0.25) is 4.79 Å². The van der Waals surface area contributed by atoms with E-state index >= 15 is 0 Å². The van der Waals surface area contributed by atoms with Gasteiger partial charge < -0.3 is 19.9 Å². The fourth-order valence-electron chi connectivity index (χ4n) is 2.36. The molecule has 0 saturated heterocycles. The quantitative estimate of drug-likeness (QED) is 0.329. The van der Waals surface area contributed by atoms with Gasteiger partial charge in [0.05, 0.1) is 7.11 Å². The van der Waals surface area contributed by atoms with E-state index in [1.807, 2.05) is 12.1 Å². The molecule has 0 aliphatic heterocycles. The van der Waals surface area contributed by atoms with Crippen LogP contribution in [0.3, 0.4) is 0 Å². The van der Waals surface area contributed by atoms with Crippen molar-refractivity contribution in [3.8, 4) is 23.8 Å². The largest absolute Gasteiger partial charge is 0.493 e. The molecule has 2 aromatic rings. The average Bonchev–Trinajstić information content (AvgIpc) is 2.67. The lowest BCUT2D eigenvalue weighted by Crippen LogP contribution is -2.41. The molecule has 7 heteroatoms. The Hall–Kier alpha value is -2.14. The fourth-order valence-corrected chi connectivity index (χ4v) is 2.86. The summed E-state index contributed by atoms with van der Waals surface area (Å²) >= 11 is 7.43. The fraction of sp³-hybridized carbons (Fsp3) is 0.250. The maximum absolute atomic E-state index is 12.3. The second kappa shape index (κ2) is 9.70. The highest BCUT2D eigenvalue weighted by molar-refractivity contribution is 9.10. The first-order valence-corrected chi connectivity index (χ1v) is 9.34. The molecule has 5 nitrogen and oxygen atoms in total. The summed E-state index contributed by atoms with van der Waals surface area (Å²) in [7, 11) is 1.54. The summed E-state index contributed by atoms with van der Waals surface area (Å²) in [5.41, 5.74) is 1.33. The van der Waals surface area contributed by atoms with E-state index in [0.717, 1.165) is 10.0 Å². The number of hydrogen-bond donors (Lipinski definition) is 3. The molecule has 1 atom stereocenters. The summed E-state index contributed by atoms with van der Waals surface area (Å²) in [6, 6.07) is 12.2. The molecule has 0 aliphatic rings. The minimum Gasteiger partial charge on any atom is -0.493 e. The number of aliphatic hydroxyl groups is 1. The van der Waals surface area contributed by atoms with E-state index in [2.05, 4.69) is 39.8 Å². The van der Waals surface area contributed by atoms with Crippen LogP contribution in [0.5, 0.6) is 11.5 Å². The second-order valence-electron chi connectivity index (χ2n) is 5.66. The van der Waals surface area contributed by atoms with Crippen molar-refractivity contribution in [2.45, 2.75) is 11.4 Å². The Balaban J connectivity index is 1.96. The topological polar surface area (TPSA) is 67.8 Å². The molecule has 0 aliphatic carbocycles. The third kappa shape index (κ3) is 5.67. The number of carbonyl (C=O) groups excluding carboxylic acids is 1. The predicted octanol–water partition coefficient (Wildman–Crippen LogP) is 2.90. The Morgan fingerprint density at radius 1 is 1.30 bits per heavy atom. The van der Waals surface area contributed by atoms with Gasteiger partial charge in [-0.15, -0.1) is 19.1 Å². The van der Waals surface area contributed by atoms with E-state index in [9.17, 15) is 9.90 Å². The van der Waals surface area contributed by atoms with Gasteiger partial charge in [0, 0.05) is 16.6 Å². The standard InChI is InChI=1S/C20H20BrNO4S/c1-3-12-26-17-9-4-14(13-18(17)25-2)10-11-22-19(23)20(24,27)15-5-7-16(21)8-6-15/h1,4-9,13,24,27H,10-12H2,2H3,(H,22,23). The van der Waals surface area contributed by atoms with Gasteiger partial charge in [-0.25, -0.2) is 0 Å². The Morgan fingerprint density at radius 2 is 2.00 bits per heavy atom. The molecule has 0 spiro atoms. The minimum absolute atomic E-state index is 0.155. The van der Waals surface area contributed by atoms with Crippen LogP contribution in [0.15, 0.2) is 46.9 Å². The highest BCUT2D eigenvalue weighted by Crippen LogP contribution is 2.29. The van der Waals surface area contributed by atoms with E-state index in [-0.39, 0.29) is 6.61 Å². The molecule has 0 heterocycles. The maximum Gasteiger partial charge on any atom is 0.267 e. The Morgan fingerprint density at radius 3 is 2.63 bits per heavy atom. The van der Waals surface area contributed by atoms with Crippen molar-refractivity contribution < 1.29 is 19.4 Å². The molecule has 1 unspecified atom stereocenters.